The molecule has 0 bridgehead atoms. The van der Waals surface area contributed by atoms with Crippen LogP contribution in [-0.2, 0) is 0 Å². The highest BCUT2D eigenvalue weighted by atomic mass is 79.9. The summed E-state index contributed by atoms with van der Waals surface area (Å²) < 4.78 is 36.5. The van der Waals surface area contributed by atoms with Crippen molar-refractivity contribution in [2.45, 2.75) is 25.1 Å². The van der Waals surface area contributed by atoms with E-state index in [1.54, 1.807) is 6.92 Å². The predicted molar refractivity (Wildman–Crippen MR) is 38.0 cm³/mol. The Morgan fingerprint density at radius 1 is 1.50 bits per heavy atom. The molecular weight excluding hydrogens is 209 g/mol. The van der Waals surface area contributed by atoms with Gasteiger partial charge in [0.2, 0.25) is 0 Å². The van der Waals surface area contributed by atoms with Gasteiger partial charge < -0.3 is 0 Å². The normalized spacial score (nSPS) is 15.0. The van der Waals surface area contributed by atoms with Gasteiger partial charge in [-0.15, -0.1) is 0 Å². The van der Waals surface area contributed by atoms with Crippen LogP contribution in [0.5, 0.6) is 0 Å². The van der Waals surface area contributed by atoms with Crippen LogP contribution in [0.3, 0.4) is 0 Å². The van der Waals surface area contributed by atoms with Crippen LogP contribution in [-0.4, -0.2) is 4.83 Å². The molecule has 0 aromatic heterocycles. The molecule has 0 nitrogen and oxygen atoms in total. The van der Waals surface area contributed by atoms with Gasteiger partial charge in [0, 0.05) is 0 Å². The van der Waals surface area contributed by atoms with E-state index in [-0.39, 0.29) is 5.57 Å². The van der Waals surface area contributed by atoms with E-state index in [9.17, 15) is 13.2 Å². The smallest absolute Gasteiger partial charge is 0.204 e. The standard InChI is InChI=1S/C6H8BrF3/c1-3-4(2)5(8)6(7,9)10/h3H2,1-2H3. The molecule has 10 heavy (non-hydrogen) atoms. The van der Waals surface area contributed by atoms with E-state index in [1.165, 1.54) is 6.92 Å². The molecule has 60 valence electrons. The second-order valence-electron chi connectivity index (χ2n) is 1.95. The molecule has 0 rings (SSSR count). The quantitative estimate of drug-likeness (QED) is 0.619. The number of rotatable bonds is 2. The molecule has 0 heterocycles. The Balaban J connectivity index is 4.47. The lowest BCUT2D eigenvalue weighted by molar-refractivity contribution is 0.125. The van der Waals surface area contributed by atoms with E-state index in [4.69, 9.17) is 0 Å². The Morgan fingerprint density at radius 3 is 2.00 bits per heavy atom. The first-order valence-electron chi connectivity index (χ1n) is 2.82. The summed E-state index contributed by atoms with van der Waals surface area (Å²) in [5, 5.41) is 0. The molecule has 0 fully saturated rings. The Morgan fingerprint density at radius 2 is 1.90 bits per heavy atom. The fourth-order valence-corrected chi connectivity index (χ4v) is 0.736. The topological polar surface area (TPSA) is 0 Å². The summed E-state index contributed by atoms with van der Waals surface area (Å²) >= 11 is 1.92. The number of halogens is 4. The van der Waals surface area contributed by atoms with Crippen molar-refractivity contribution in [1.29, 1.82) is 0 Å². The van der Waals surface area contributed by atoms with E-state index in [0.717, 1.165) is 0 Å². The number of allylic oxidation sites excluding steroid dienone is 2. The molecule has 0 N–H and O–H groups in total. The lowest BCUT2D eigenvalue weighted by Crippen LogP contribution is -2.06. The SMILES string of the molecule is CCC(C)=C(F)C(F)(F)Br. The number of alkyl halides is 3. The minimum atomic E-state index is -3.49. The second kappa shape index (κ2) is 3.42. The molecule has 0 aromatic rings. The van der Waals surface area contributed by atoms with E-state index in [1.807, 2.05) is 15.9 Å². The van der Waals surface area contributed by atoms with Crippen molar-refractivity contribution in [2.75, 3.05) is 0 Å². The lowest BCUT2D eigenvalue weighted by atomic mass is 10.2. The van der Waals surface area contributed by atoms with Crippen molar-refractivity contribution in [3.05, 3.63) is 11.4 Å². The van der Waals surface area contributed by atoms with Crippen molar-refractivity contribution in [3.63, 3.8) is 0 Å². The molecule has 0 aliphatic rings. The fraction of sp³-hybridized carbons (Fsp3) is 0.667. The Bertz CT molecular complexity index is 146. The third kappa shape index (κ3) is 2.73. The summed E-state index contributed by atoms with van der Waals surface area (Å²) in [4.78, 5) is -3.49. The van der Waals surface area contributed by atoms with Crippen LogP contribution in [0.1, 0.15) is 20.3 Å². The highest BCUT2D eigenvalue weighted by molar-refractivity contribution is 9.10. The van der Waals surface area contributed by atoms with Crippen LogP contribution < -0.4 is 0 Å². The van der Waals surface area contributed by atoms with Crippen LogP contribution >= 0.6 is 15.9 Å². The minimum absolute atomic E-state index is 0.0712. The monoisotopic (exact) mass is 216 g/mol. The van der Waals surface area contributed by atoms with Gasteiger partial charge in [-0.05, 0) is 34.8 Å². The molecule has 0 spiro atoms. The maximum Gasteiger partial charge on any atom is 0.352 e. The molecule has 0 saturated heterocycles. The third-order valence-corrected chi connectivity index (χ3v) is 1.50. The zero-order chi connectivity index (χ0) is 8.36. The van der Waals surface area contributed by atoms with Crippen LogP contribution in [0.2, 0.25) is 0 Å². The number of hydrogen-bond acceptors (Lipinski definition) is 0. The maximum atomic E-state index is 12.4. The summed E-state index contributed by atoms with van der Waals surface area (Å²) in [6.07, 6.45) is 0.299. The molecule has 4 heteroatoms. The highest BCUT2D eigenvalue weighted by Gasteiger charge is 2.31. The van der Waals surface area contributed by atoms with E-state index in [2.05, 4.69) is 0 Å². The zero-order valence-corrected chi connectivity index (χ0v) is 7.30. The van der Waals surface area contributed by atoms with Crippen LogP contribution in [0, 0.1) is 0 Å². The van der Waals surface area contributed by atoms with Crippen LogP contribution in [0.15, 0.2) is 11.4 Å². The summed E-state index contributed by atoms with van der Waals surface area (Å²) in [6, 6.07) is 0. The molecule has 0 saturated carbocycles. The van der Waals surface area contributed by atoms with Crippen LogP contribution in [0.25, 0.3) is 0 Å². The van der Waals surface area contributed by atoms with Crippen molar-refractivity contribution in [2.24, 2.45) is 0 Å². The van der Waals surface area contributed by atoms with E-state index >= 15 is 0 Å². The third-order valence-electron chi connectivity index (χ3n) is 1.15. The molecule has 0 aliphatic heterocycles. The van der Waals surface area contributed by atoms with Gasteiger partial charge in [0.1, 0.15) is 0 Å². The molecule has 0 aromatic carbocycles. The fourth-order valence-electron chi connectivity index (χ4n) is 0.397. The van der Waals surface area contributed by atoms with Crippen molar-refractivity contribution >= 4 is 15.9 Å². The zero-order valence-electron chi connectivity index (χ0n) is 5.72. The highest BCUT2D eigenvalue weighted by Crippen LogP contribution is 2.34. The van der Waals surface area contributed by atoms with Gasteiger partial charge in [0.05, 0.1) is 0 Å². The molecule has 0 atom stereocenters. The lowest BCUT2D eigenvalue weighted by Gasteiger charge is -2.07. The minimum Gasteiger partial charge on any atom is -0.204 e. The molecule has 0 aliphatic carbocycles. The van der Waals surface area contributed by atoms with Gasteiger partial charge in [0.15, 0.2) is 5.83 Å². The van der Waals surface area contributed by atoms with Gasteiger partial charge in [-0.3, -0.25) is 0 Å². The first kappa shape index (κ1) is 10.0. The summed E-state index contributed by atoms with van der Waals surface area (Å²) in [7, 11) is 0. The summed E-state index contributed by atoms with van der Waals surface area (Å²) in [5.74, 6) is -1.38. The van der Waals surface area contributed by atoms with Crippen molar-refractivity contribution in [1.82, 2.24) is 0 Å². The Kier molecular flexibility index (Phi) is 3.42. The average Bonchev–Trinajstić information content (AvgIpc) is 1.83. The molecule has 0 amide bonds. The Labute approximate surface area is 66.2 Å². The Hall–Kier alpha value is 0.01000. The van der Waals surface area contributed by atoms with E-state index in [0.29, 0.717) is 6.42 Å². The van der Waals surface area contributed by atoms with Gasteiger partial charge in [-0.1, -0.05) is 6.92 Å². The van der Waals surface area contributed by atoms with E-state index < -0.39 is 10.7 Å². The second-order valence-corrected chi connectivity index (χ2v) is 2.94. The predicted octanol–water partition coefficient (Wildman–Crippen LogP) is 3.63. The first-order valence-corrected chi connectivity index (χ1v) is 3.61. The summed E-state index contributed by atoms with van der Waals surface area (Å²) in [5.41, 5.74) is 0.0712. The van der Waals surface area contributed by atoms with Gasteiger partial charge in [-0.25, -0.2) is 4.39 Å². The molecule has 0 radical (unpaired) electrons. The molecule has 0 unspecified atom stereocenters. The summed E-state index contributed by atoms with van der Waals surface area (Å²) in [6.45, 7) is 2.96. The van der Waals surface area contributed by atoms with Crippen molar-refractivity contribution in [3.8, 4) is 0 Å². The van der Waals surface area contributed by atoms with Gasteiger partial charge >= 0.3 is 4.83 Å². The first-order chi connectivity index (χ1) is 4.39. The average molecular weight is 217 g/mol. The van der Waals surface area contributed by atoms with Gasteiger partial charge in [0.25, 0.3) is 0 Å². The van der Waals surface area contributed by atoms with Gasteiger partial charge in [-0.2, -0.15) is 8.78 Å². The van der Waals surface area contributed by atoms with Crippen LogP contribution in [0.4, 0.5) is 13.2 Å². The van der Waals surface area contributed by atoms with Crippen molar-refractivity contribution < 1.29 is 13.2 Å². The maximum absolute atomic E-state index is 12.4. The number of hydrogen-bond donors (Lipinski definition) is 0. The molecular formula is C6H8BrF3. The largest absolute Gasteiger partial charge is 0.352 e.